The van der Waals surface area contributed by atoms with Gasteiger partial charge in [-0.25, -0.2) is 12.8 Å². The van der Waals surface area contributed by atoms with Gasteiger partial charge in [0.1, 0.15) is 5.82 Å². The summed E-state index contributed by atoms with van der Waals surface area (Å²) in [5.41, 5.74) is 1.66. The van der Waals surface area contributed by atoms with Gasteiger partial charge in [-0.15, -0.1) is 0 Å². The highest BCUT2D eigenvalue weighted by molar-refractivity contribution is 7.89. The van der Waals surface area contributed by atoms with Gasteiger partial charge in [0.2, 0.25) is 10.0 Å². The number of hydrogen-bond donors (Lipinski definition) is 0. The van der Waals surface area contributed by atoms with Crippen molar-refractivity contribution in [3.63, 3.8) is 0 Å². The molecule has 0 spiro atoms. The quantitative estimate of drug-likeness (QED) is 0.614. The molecule has 2 fully saturated rings. The number of nitrogens with zero attached hydrogens (tertiary/aromatic N) is 2. The van der Waals surface area contributed by atoms with E-state index in [-0.39, 0.29) is 42.4 Å². The number of ether oxygens (including phenoxy) is 2. The van der Waals surface area contributed by atoms with E-state index in [9.17, 15) is 17.6 Å². The zero-order valence-electron chi connectivity index (χ0n) is 18.7. The molecule has 0 N–H and O–H groups in total. The summed E-state index contributed by atoms with van der Waals surface area (Å²) in [5, 5.41) is 0. The molecular formula is C24H29FN2O5S. The highest BCUT2D eigenvalue weighted by atomic mass is 32.2. The Hall–Kier alpha value is -2.33. The van der Waals surface area contributed by atoms with E-state index in [4.69, 9.17) is 9.47 Å². The van der Waals surface area contributed by atoms with Crippen molar-refractivity contribution in [1.82, 2.24) is 9.21 Å². The van der Waals surface area contributed by atoms with E-state index >= 15 is 0 Å². The normalized spacial score (nSPS) is 19.5. The maximum Gasteiger partial charge on any atom is 0.254 e. The fraction of sp³-hybridized carbons (Fsp3) is 0.458. The molecule has 2 saturated heterocycles. The summed E-state index contributed by atoms with van der Waals surface area (Å²) >= 11 is 0. The largest absolute Gasteiger partial charge is 0.379 e. The van der Waals surface area contributed by atoms with Gasteiger partial charge in [0, 0.05) is 38.3 Å². The van der Waals surface area contributed by atoms with Crippen LogP contribution in [-0.2, 0) is 26.0 Å². The van der Waals surface area contributed by atoms with Gasteiger partial charge in [0.25, 0.3) is 5.91 Å². The summed E-state index contributed by atoms with van der Waals surface area (Å²) < 4.78 is 52.4. The maximum absolute atomic E-state index is 13.8. The number of morpholine rings is 1. The Morgan fingerprint density at radius 1 is 1.15 bits per heavy atom. The molecule has 1 unspecified atom stereocenters. The van der Waals surface area contributed by atoms with Gasteiger partial charge >= 0.3 is 0 Å². The first-order chi connectivity index (χ1) is 15.8. The first-order valence-electron chi connectivity index (χ1n) is 11.2. The SMILES string of the molecule is Cc1ccc(S(=O)(=O)N2CCOCC2)cc1C(=O)N(Cc1cccc(F)c1)CC1CCCO1. The van der Waals surface area contributed by atoms with Gasteiger partial charge in [0.05, 0.1) is 24.2 Å². The second-order valence-electron chi connectivity index (χ2n) is 8.44. The number of hydrogen-bond acceptors (Lipinski definition) is 5. The predicted molar refractivity (Wildman–Crippen MR) is 121 cm³/mol. The molecule has 2 heterocycles. The van der Waals surface area contributed by atoms with Crippen LogP contribution >= 0.6 is 0 Å². The third-order valence-corrected chi connectivity index (χ3v) is 7.94. The molecule has 178 valence electrons. The van der Waals surface area contributed by atoms with Crippen molar-refractivity contribution in [2.45, 2.75) is 37.3 Å². The Morgan fingerprint density at radius 2 is 1.94 bits per heavy atom. The molecule has 2 aliphatic heterocycles. The molecule has 0 aromatic heterocycles. The van der Waals surface area contributed by atoms with E-state index in [1.807, 2.05) is 0 Å². The Kier molecular flexibility index (Phi) is 7.43. The van der Waals surface area contributed by atoms with Crippen LogP contribution in [0.1, 0.15) is 34.3 Å². The molecule has 0 radical (unpaired) electrons. The van der Waals surface area contributed by atoms with E-state index in [2.05, 4.69) is 0 Å². The molecule has 2 aromatic rings. The molecule has 0 saturated carbocycles. The third kappa shape index (κ3) is 5.60. The van der Waals surface area contributed by atoms with E-state index < -0.39 is 10.0 Å². The fourth-order valence-electron chi connectivity index (χ4n) is 4.21. The first-order valence-corrected chi connectivity index (χ1v) is 12.6. The molecule has 2 aliphatic rings. The number of carbonyl (C=O) groups is 1. The van der Waals surface area contributed by atoms with Crippen molar-refractivity contribution in [3.8, 4) is 0 Å². The van der Waals surface area contributed by atoms with E-state index in [0.29, 0.717) is 43.1 Å². The van der Waals surface area contributed by atoms with Crippen molar-refractivity contribution < 1.29 is 27.1 Å². The van der Waals surface area contributed by atoms with Gasteiger partial charge in [-0.2, -0.15) is 4.31 Å². The number of aryl methyl sites for hydroxylation is 1. The Labute approximate surface area is 194 Å². The Bertz CT molecular complexity index is 1100. The Morgan fingerprint density at radius 3 is 2.64 bits per heavy atom. The minimum absolute atomic E-state index is 0.0844. The maximum atomic E-state index is 13.8. The predicted octanol–water partition coefficient (Wildman–Crippen LogP) is 2.98. The standard InChI is InChI=1S/C24H29FN2O5S/c1-18-7-8-22(33(29,30)27-9-12-31-13-10-27)15-23(18)24(28)26(17-21-6-3-11-32-21)16-19-4-2-5-20(25)14-19/h2,4-5,7-8,14-15,21H,3,6,9-13,16-17H2,1H3. The number of carbonyl (C=O) groups excluding carboxylic acids is 1. The van der Waals surface area contributed by atoms with Crippen LogP contribution in [0, 0.1) is 12.7 Å². The Balaban J connectivity index is 1.63. The second-order valence-corrected chi connectivity index (χ2v) is 10.4. The summed E-state index contributed by atoms with van der Waals surface area (Å²) in [5.74, 6) is -0.668. The molecule has 7 nitrogen and oxygen atoms in total. The average molecular weight is 477 g/mol. The zero-order chi connectivity index (χ0) is 23.4. The highest BCUT2D eigenvalue weighted by Gasteiger charge is 2.29. The molecule has 0 bridgehead atoms. The van der Waals surface area contributed by atoms with Crippen LogP contribution in [0.25, 0.3) is 0 Å². The first kappa shape index (κ1) is 23.8. The topological polar surface area (TPSA) is 76.2 Å². The molecular weight excluding hydrogens is 447 g/mol. The van der Waals surface area contributed by atoms with Gasteiger partial charge in [-0.1, -0.05) is 18.2 Å². The van der Waals surface area contributed by atoms with Crippen LogP contribution in [0.2, 0.25) is 0 Å². The third-order valence-electron chi connectivity index (χ3n) is 6.04. The lowest BCUT2D eigenvalue weighted by molar-refractivity contribution is 0.0506. The summed E-state index contributed by atoms with van der Waals surface area (Å²) in [7, 11) is -3.74. The van der Waals surface area contributed by atoms with Crippen LogP contribution in [0.5, 0.6) is 0 Å². The minimum Gasteiger partial charge on any atom is -0.379 e. The van der Waals surface area contributed by atoms with Gasteiger partial charge in [-0.05, 0) is 55.2 Å². The summed E-state index contributed by atoms with van der Waals surface area (Å²) in [6.07, 6.45) is 1.68. The van der Waals surface area contributed by atoms with Crippen molar-refractivity contribution in [2.24, 2.45) is 0 Å². The number of rotatable bonds is 7. The number of benzene rings is 2. The monoisotopic (exact) mass is 476 g/mol. The lowest BCUT2D eigenvalue weighted by Gasteiger charge is -2.28. The van der Waals surface area contributed by atoms with Gasteiger partial charge in [-0.3, -0.25) is 4.79 Å². The molecule has 0 aliphatic carbocycles. The lowest BCUT2D eigenvalue weighted by atomic mass is 10.1. The van der Waals surface area contributed by atoms with Crippen LogP contribution in [-0.4, -0.2) is 69.1 Å². The van der Waals surface area contributed by atoms with Crippen LogP contribution in [0.3, 0.4) is 0 Å². The smallest absolute Gasteiger partial charge is 0.254 e. The average Bonchev–Trinajstić information content (AvgIpc) is 3.32. The molecule has 4 rings (SSSR count). The van der Waals surface area contributed by atoms with Crippen molar-refractivity contribution in [1.29, 1.82) is 0 Å². The summed E-state index contributed by atoms with van der Waals surface area (Å²) in [6, 6.07) is 10.8. The second kappa shape index (κ2) is 10.3. The summed E-state index contributed by atoms with van der Waals surface area (Å²) in [6.45, 7) is 4.25. The minimum atomic E-state index is -3.74. The van der Waals surface area contributed by atoms with Crippen LogP contribution in [0.4, 0.5) is 4.39 Å². The molecule has 33 heavy (non-hydrogen) atoms. The number of halogens is 1. The van der Waals surface area contributed by atoms with Crippen LogP contribution in [0.15, 0.2) is 47.4 Å². The summed E-state index contributed by atoms with van der Waals surface area (Å²) in [4.78, 5) is 15.4. The van der Waals surface area contributed by atoms with Gasteiger partial charge in [0.15, 0.2) is 0 Å². The number of sulfonamides is 1. The molecule has 1 amide bonds. The van der Waals surface area contributed by atoms with Crippen molar-refractivity contribution >= 4 is 15.9 Å². The highest BCUT2D eigenvalue weighted by Crippen LogP contribution is 2.24. The van der Waals surface area contributed by atoms with E-state index in [1.165, 1.54) is 28.6 Å². The zero-order valence-corrected chi connectivity index (χ0v) is 19.5. The van der Waals surface area contributed by atoms with E-state index in [1.54, 1.807) is 30.0 Å². The molecule has 1 atom stereocenters. The lowest BCUT2D eigenvalue weighted by Crippen LogP contribution is -2.41. The fourth-order valence-corrected chi connectivity index (χ4v) is 5.64. The molecule has 9 heteroatoms. The number of amides is 1. The van der Waals surface area contributed by atoms with Gasteiger partial charge < -0.3 is 14.4 Å². The molecule has 2 aromatic carbocycles. The van der Waals surface area contributed by atoms with Crippen molar-refractivity contribution in [3.05, 3.63) is 65.0 Å². The van der Waals surface area contributed by atoms with Crippen molar-refractivity contribution in [2.75, 3.05) is 39.5 Å². The van der Waals surface area contributed by atoms with Crippen LogP contribution < -0.4 is 0 Å². The van der Waals surface area contributed by atoms with E-state index in [0.717, 1.165) is 12.8 Å².